The van der Waals surface area contributed by atoms with Crippen molar-refractivity contribution in [3.05, 3.63) is 32.4 Å². The molecule has 1 aromatic carbocycles. The van der Waals surface area contributed by atoms with Gasteiger partial charge in [0.05, 0.1) is 6.10 Å². The van der Waals surface area contributed by atoms with Crippen LogP contribution in [-0.2, 0) is 4.74 Å². The van der Waals surface area contributed by atoms with Gasteiger partial charge in [-0.25, -0.2) is 0 Å². The molecule has 1 heterocycles. The molecule has 88 valence electrons. The van der Waals surface area contributed by atoms with Gasteiger partial charge in [0, 0.05) is 10.2 Å². The van der Waals surface area contributed by atoms with Crippen LogP contribution in [0.3, 0.4) is 0 Å². The maximum Gasteiger partial charge on any atom is 0.0827 e. The van der Waals surface area contributed by atoms with Gasteiger partial charge in [0.1, 0.15) is 0 Å². The minimum Gasteiger partial charge on any atom is -0.373 e. The van der Waals surface area contributed by atoms with E-state index in [0.717, 1.165) is 12.5 Å². The monoisotopic (exact) mass is 330 g/mol. The minimum atomic E-state index is 0.326. The fourth-order valence-electron chi connectivity index (χ4n) is 2.29. The third-order valence-corrected chi connectivity index (χ3v) is 4.78. The SMILES string of the molecule is Cc1c(I)ccc(C2CCC(C)CO2)c1C. The summed E-state index contributed by atoms with van der Waals surface area (Å²) < 4.78 is 7.30. The van der Waals surface area contributed by atoms with Crippen molar-refractivity contribution in [2.24, 2.45) is 5.92 Å². The molecule has 2 heteroatoms. The number of ether oxygens (including phenoxy) is 1. The number of benzene rings is 1. The second-order valence-electron chi connectivity index (χ2n) is 4.89. The van der Waals surface area contributed by atoms with Crippen LogP contribution in [0.1, 0.15) is 42.6 Å². The van der Waals surface area contributed by atoms with Crippen molar-refractivity contribution >= 4 is 22.6 Å². The lowest BCUT2D eigenvalue weighted by Crippen LogP contribution is -2.19. The lowest BCUT2D eigenvalue weighted by atomic mass is 9.92. The van der Waals surface area contributed by atoms with Gasteiger partial charge >= 0.3 is 0 Å². The van der Waals surface area contributed by atoms with Crippen molar-refractivity contribution in [3.8, 4) is 0 Å². The van der Waals surface area contributed by atoms with Gasteiger partial charge in [0.25, 0.3) is 0 Å². The summed E-state index contributed by atoms with van der Waals surface area (Å²) in [6, 6.07) is 4.45. The predicted octanol–water partition coefficient (Wildman–Crippen LogP) is 4.40. The molecule has 1 fully saturated rings. The molecule has 2 atom stereocenters. The van der Waals surface area contributed by atoms with E-state index in [0.29, 0.717) is 6.10 Å². The quantitative estimate of drug-likeness (QED) is 0.694. The van der Waals surface area contributed by atoms with Crippen molar-refractivity contribution in [2.45, 2.75) is 39.7 Å². The molecule has 1 aliphatic rings. The lowest BCUT2D eigenvalue weighted by Gasteiger charge is -2.28. The van der Waals surface area contributed by atoms with Gasteiger partial charge in [0.15, 0.2) is 0 Å². The maximum absolute atomic E-state index is 5.95. The van der Waals surface area contributed by atoms with Gasteiger partial charge in [-0.2, -0.15) is 0 Å². The molecule has 1 nitrogen and oxygen atoms in total. The summed E-state index contributed by atoms with van der Waals surface area (Å²) in [7, 11) is 0. The van der Waals surface area contributed by atoms with Gasteiger partial charge < -0.3 is 4.74 Å². The van der Waals surface area contributed by atoms with E-state index < -0.39 is 0 Å². The molecular formula is C14H19IO. The van der Waals surface area contributed by atoms with Gasteiger partial charge in [-0.05, 0) is 78.0 Å². The molecule has 16 heavy (non-hydrogen) atoms. The first kappa shape index (κ1) is 12.4. The third-order valence-electron chi connectivity index (χ3n) is 3.61. The third kappa shape index (κ3) is 2.43. The zero-order valence-corrected chi connectivity index (χ0v) is 12.4. The molecule has 0 amide bonds. The summed E-state index contributed by atoms with van der Waals surface area (Å²) in [5.41, 5.74) is 4.21. The van der Waals surface area contributed by atoms with Crippen LogP contribution in [0.15, 0.2) is 12.1 Å². The number of rotatable bonds is 1. The lowest BCUT2D eigenvalue weighted by molar-refractivity contribution is -0.0127. The first-order valence-electron chi connectivity index (χ1n) is 5.96. The normalized spacial score (nSPS) is 25.8. The Hall–Kier alpha value is -0.0900. The van der Waals surface area contributed by atoms with E-state index in [4.69, 9.17) is 4.74 Å². The Balaban J connectivity index is 2.24. The summed E-state index contributed by atoms with van der Waals surface area (Å²) in [5, 5.41) is 0. The van der Waals surface area contributed by atoms with E-state index >= 15 is 0 Å². The van der Waals surface area contributed by atoms with E-state index in [-0.39, 0.29) is 0 Å². The van der Waals surface area contributed by atoms with Crippen LogP contribution in [0.25, 0.3) is 0 Å². The van der Waals surface area contributed by atoms with Crippen LogP contribution in [0.2, 0.25) is 0 Å². The minimum absolute atomic E-state index is 0.326. The summed E-state index contributed by atoms with van der Waals surface area (Å²) in [6.45, 7) is 7.59. The van der Waals surface area contributed by atoms with Crippen molar-refractivity contribution in [2.75, 3.05) is 6.61 Å². The Bertz CT molecular complexity index is 379. The topological polar surface area (TPSA) is 9.23 Å². The first-order chi connectivity index (χ1) is 7.59. The highest BCUT2D eigenvalue weighted by Gasteiger charge is 2.22. The Morgan fingerprint density at radius 3 is 2.56 bits per heavy atom. The molecule has 2 unspecified atom stereocenters. The van der Waals surface area contributed by atoms with E-state index in [2.05, 4.69) is 55.5 Å². The van der Waals surface area contributed by atoms with Crippen LogP contribution in [-0.4, -0.2) is 6.61 Å². The largest absolute Gasteiger partial charge is 0.373 e. The molecule has 0 bridgehead atoms. The van der Waals surface area contributed by atoms with Gasteiger partial charge in [-0.1, -0.05) is 13.0 Å². The van der Waals surface area contributed by atoms with Crippen LogP contribution in [0.4, 0.5) is 0 Å². The number of hydrogen-bond acceptors (Lipinski definition) is 1. The molecule has 0 aromatic heterocycles. The summed E-state index contributed by atoms with van der Waals surface area (Å²) in [4.78, 5) is 0. The van der Waals surface area contributed by atoms with Crippen LogP contribution in [0.5, 0.6) is 0 Å². The van der Waals surface area contributed by atoms with Crippen molar-refractivity contribution in [3.63, 3.8) is 0 Å². The smallest absolute Gasteiger partial charge is 0.0827 e. The maximum atomic E-state index is 5.95. The average molecular weight is 330 g/mol. The molecule has 0 N–H and O–H groups in total. The standard InChI is InChI=1S/C14H19IO/c1-9-4-7-14(16-8-9)12-5-6-13(15)11(3)10(12)2/h5-6,9,14H,4,7-8H2,1-3H3. The molecule has 2 rings (SSSR count). The van der Waals surface area contributed by atoms with E-state index in [1.807, 2.05) is 0 Å². The molecular weight excluding hydrogens is 311 g/mol. The fourth-order valence-corrected chi connectivity index (χ4v) is 2.87. The Labute approximate surface area is 112 Å². The zero-order valence-electron chi connectivity index (χ0n) is 10.2. The van der Waals surface area contributed by atoms with Gasteiger partial charge in [-0.3, -0.25) is 0 Å². The Morgan fingerprint density at radius 2 is 1.94 bits per heavy atom. The highest BCUT2D eigenvalue weighted by atomic mass is 127. The predicted molar refractivity (Wildman–Crippen MR) is 75.7 cm³/mol. The van der Waals surface area contributed by atoms with Crippen molar-refractivity contribution in [1.82, 2.24) is 0 Å². The zero-order chi connectivity index (χ0) is 11.7. The number of hydrogen-bond donors (Lipinski definition) is 0. The highest BCUT2D eigenvalue weighted by molar-refractivity contribution is 14.1. The van der Waals surface area contributed by atoms with E-state index in [1.54, 1.807) is 0 Å². The first-order valence-corrected chi connectivity index (χ1v) is 7.04. The Morgan fingerprint density at radius 1 is 1.19 bits per heavy atom. The van der Waals surface area contributed by atoms with E-state index in [9.17, 15) is 0 Å². The second-order valence-corrected chi connectivity index (χ2v) is 6.05. The fraction of sp³-hybridized carbons (Fsp3) is 0.571. The molecule has 1 aromatic rings. The second kappa shape index (κ2) is 5.05. The van der Waals surface area contributed by atoms with Gasteiger partial charge in [0.2, 0.25) is 0 Å². The Kier molecular flexibility index (Phi) is 3.90. The van der Waals surface area contributed by atoms with Gasteiger partial charge in [-0.15, -0.1) is 0 Å². The summed E-state index contributed by atoms with van der Waals surface area (Å²) >= 11 is 2.40. The molecule has 0 saturated carbocycles. The van der Waals surface area contributed by atoms with Crippen LogP contribution >= 0.6 is 22.6 Å². The molecule has 0 aliphatic carbocycles. The highest BCUT2D eigenvalue weighted by Crippen LogP contribution is 2.33. The molecule has 1 saturated heterocycles. The van der Waals surface area contributed by atoms with Crippen molar-refractivity contribution < 1.29 is 4.74 Å². The molecule has 0 spiro atoms. The summed E-state index contributed by atoms with van der Waals surface area (Å²) in [6.07, 6.45) is 2.78. The van der Waals surface area contributed by atoms with Crippen LogP contribution in [0, 0.1) is 23.3 Å². The summed E-state index contributed by atoms with van der Waals surface area (Å²) in [5.74, 6) is 0.724. The molecule has 1 aliphatic heterocycles. The van der Waals surface area contributed by atoms with E-state index in [1.165, 1.54) is 33.1 Å². The van der Waals surface area contributed by atoms with Crippen LogP contribution < -0.4 is 0 Å². The number of halogens is 1. The van der Waals surface area contributed by atoms with Crippen molar-refractivity contribution in [1.29, 1.82) is 0 Å². The average Bonchev–Trinajstić information content (AvgIpc) is 2.28. The molecule has 0 radical (unpaired) electrons.